The minimum atomic E-state index is -0.506. The van der Waals surface area contributed by atoms with Crippen molar-refractivity contribution in [2.24, 2.45) is 0 Å². The predicted octanol–water partition coefficient (Wildman–Crippen LogP) is 3.74. The zero-order chi connectivity index (χ0) is 19.1. The van der Waals surface area contributed by atoms with E-state index in [0.29, 0.717) is 18.0 Å². The van der Waals surface area contributed by atoms with Crippen LogP contribution in [0.2, 0.25) is 5.02 Å². The maximum absolute atomic E-state index is 13.0. The topological polar surface area (TPSA) is 49.4 Å². The molecule has 2 amide bonds. The van der Waals surface area contributed by atoms with Crippen molar-refractivity contribution in [3.8, 4) is 0 Å². The van der Waals surface area contributed by atoms with Crippen molar-refractivity contribution < 1.29 is 9.59 Å². The van der Waals surface area contributed by atoms with Crippen LogP contribution in [0.3, 0.4) is 0 Å². The Morgan fingerprint density at radius 2 is 1.81 bits per heavy atom. The van der Waals surface area contributed by atoms with E-state index in [9.17, 15) is 9.59 Å². The monoisotopic (exact) mass is 372 g/mol. The van der Waals surface area contributed by atoms with Crippen LogP contribution in [0.1, 0.15) is 30.0 Å². The number of rotatable bonds is 7. The van der Waals surface area contributed by atoms with Crippen LogP contribution < -0.4 is 5.32 Å². The Kier molecular flexibility index (Phi) is 7.22. The minimum absolute atomic E-state index is 0.0942. The summed E-state index contributed by atoms with van der Waals surface area (Å²) < 4.78 is 0. The van der Waals surface area contributed by atoms with Gasteiger partial charge in [0.05, 0.1) is 6.42 Å². The van der Waals surface area contributed by atoms with E-state index in [1.165, 1.54) is 0 Å². The third kappa shape index (κ3) is 5.33. The van der Waals surface area contributed by atoms with Crippen LogP contribution in [-0.2, 0) is 22.6 Å². The number of hydrogen-bond donors (Lipinski definition) is 1. The van der Waals surface area contributed by atoms with Gasteiger partial charge in [-0.2, -0.15) is 0 Å². The second kappa shape index (κ2) is 9.39. The smallest absolute Gasteiger partial charge is 0.242 e. The number of carbonyl (C=O) groups is 2. The number of benzene rings is 2. The molecule has 2 aromatic rings. The van der Waals surface area contributed by atoms with Crippen LogP contribution in [-0.4, -0.2) is 29.8 Å². The molecule has 0 saturated heterocycles. The van der Waals surface area contributed by atoms with E-state index in [1.54, 1.807) is 24.1 Å². The lowest BCUT2D eigenvalue weighted by Crippen LogP contribution is -2.48. The number of nitrogens with one attached hydrogen (secondary N) is 1. The van der Waals surface area contributed by atoms with Gasteiger partial charge >= 0.3 is 0 Å². The molecule has 2 aromatic carbocycles. The van der Waals surface area contributed by atoms with Crippen LogP contribution in [0.5, 0.6) is 0 Å². The highest BCUT2D eigenvalue weighted by atomic mass is 35.5. The molecular formula is C21H25ClN2O2. The van der Waals surface area contributed by atoms with Gasteiger partial charge in [0.15, 0.2) is 0 Å². The molecule has 26 heavy (non-hydrogen) atoms. The minimum Gasteiger partial charge on any atom is -0.357 e. The number of halogens is 1. The van der Waals surface area contributed by atoms with Gasteiger partial charge in [0.2, 0.25) is 11.8 Å². The van der Waals surface area contributed by atoms with E-state index < -0.39 is 6.04 Å². The standard InChI is InChI=1S/C21H25ClN2O2/c1-4-19(21(26)23-3)24(14-16-10-8-15(2)9-11-16)20(25)13-17-6-5-7-18(22)12-17/h5-12,19H,4,13-14H2,1-3H3,(H,23,26)/t19-/m0/s1. The van der Waals surface area contributed by atoms with Crippen molar-refractivity contribution in [1.82, 2.24) is 10.2 Å². The molecule has 0 radical (unpaired) electrons. The summed E-state index contributed by atoms with van der Waals surface area (Å²) in [7, 11) is 1.59. The Morgan fingerprint density at radius 3 is 2.38 bits per heavy atom. The maximum Gasteiger partial charge on any atom is 0.242 e. The lowest BCUT2D eigenvalue weighted by Gasteiger charge is -2.30. The highest BCUT2D eigenvalue weighted by Gasteiger charge is 2.27. The van der Waals surface area contributed by atoms with E-state index in [-0.39, 0.29) is 18.2 Å². The van der Waals surface area contributed by atoms with Gasteiger partial charge in [0, 0.05) is 18.6 Å². The van der Waals surface area contributed by atoms with Crippen molar-refractivity contribution in [1.29, 1.82) is 0 Å². The molecule has 0 bridgehead atoms. The molecule has 0 aliphatic carbocycles. The first-order chi connectivity index (χ1) is 12.4. The first-order valence-electron chi connectivity index (χ1n) is 8.75. The molecule has 1 atom stereocenters. The molecular weight excluding hydrogens is 348 g/mol. The zero-order valence-corrected chi connectivity index (χ0v) is 16.2. The van der Waals surface area contributed by atoms with Crippen molar-refractivity contribution in [3.05, 3.63) is 70.2 Å². The maximum atomic E-state index is 13.0. The fourth-order valence-electron chi connectivity index (χ4n) is 2.90. The van der Waals surface area contributed by atoms with Crippen molar-refractivity contribution in [2.45, 2.75) is 39.3 Å². The quantitative estimate of drug-likeness (QED) is 0.804. The molecule has 0 heterocycles. The molecule has 5 heteroatoms. The Hall–Kier alpha value is -2.33. The molecule has 0 unspecified atom stereocenters. The lowest BCUT2D eigenvalue weighted by atomic mass is 10.1. The fourth-order valence-corrected chi connectivity index (χ4v) is 3.11. The SMILES string of the molecule is CC[C@@H](C(=O)NC)N(Cc1ccc(C)cc1)C(=O)Cc1cccc(Cl)c1. The Bertz CT molecular complexity index is 759. The molecule has 0 aromatic heterocycles. The summed E-state index contributed by atoms with van der Waals surface area (Å²) >= 11 is 6.03. The van der Waals surface area contributed by atoms with Crippen LogP contribution in [0.4, 0.5) is 0 Å². The number of likely N-dealkylation sites (N-methyl/N-ethyl adjacent to an activating group) is 1. The summed E-state index contributed by atoms with van der Waals surface area (Å²) in [4.78, 5) is 27.0. The van der Waals surface area contributed by atoms with Crippen molar-refractivity contribution >= 4 is 23.4 Å². The molecule has 2 rings (SSSR count). The Labute approximate surface area is 160 Å². The van der Waals surface area contributed by atoms with Gasteiger partial charge in [-0.05, 0) is 36.6 Å². The van der Waals surface area contributed by atoms with Crippen molar-refractivity contribution in [3.63, 3.8) is 0 Å². The molecule has 0 aliphatic heterocycles. The first kappa shape index (κ1) is 20.0. The third-order valence-electron chi connectivity index (χ3n) is 4.35. The third-order valence-corrected chi connectivity index (χ3v) is 4.59. The summed E-state index contributed by atoms with van der Waals surface area (Å²) in [6.07, 6.45) is 0.757. The van der Waals surface area contributed by atoms with Crippen LogP contribution in [0, 0.1) is 6.92 Å². The lowest BCUT2D eigenvalue weighted by molar-refractivity contribution is -0.140. The number of nitrogens with zero attached hydrogens (tertiary/aromatic N) is 1. The summed E-state index contributed by atoms with van der Waals surface area (Å²) in [5.74, 6) is -0.248. The molecule has 1 N–H and O–H groups in total. The highest BCUT2D eigenvalue weighted by Crippen LogP contribution is 2.17. The summed E-state index contributed by atoms with van der Waals surface area (Å²) in [5, 5.41) is 3.26. The van der Waals surface area contributed by atoms with E-state index >= 15 is 0 Å². The van der Waals surface area contributed by atoms with Crippen molar-refractivity contribution in [2.75, 3.05) is 7.05 Å². The average Bonchev–Trinajstić information content (AvgIpc) is 2.62. The summed E-state index contributed by atoms with van der Waals surface area (Å²) in [5.41, 5.74) is 2.99. The highest BCUT2D eigenvalue weighted by molar-refractivity contribution is 6.30. The first-order valence-corrected chi connectivity index (χ1v) is 9.13. The second-order valence-electron chi connectivity index (χ2n) is 6.35. The molecule has 138 valence electrons. The Balaban J connectivity index is 2.27. The molecule has 4 nitrogen and oxygen atoms in total. The van der Waals surface area contributed by atoms with Gasteiger partial charge in [0.25, 0.3) is 0 Å². The molecule has 0 fully saturated rings. The van der Waals surface area contributed by atoms with Gasteiger partial charge < -0.3 is 10.2 Å². The van der Waals surface area contributed by atoms with E-state index in [2.05, 4.69) is 5.32 Å². The summed E-state index contributed by atoms with van der Waals surface area (Å²) in [6, 6.07) is 14.7. The summed E-state index contributed by atoms with van der Waals surface area (Å²) in [6.45, 7) is 4.32. The number of hydrogen-bond acceptors (Lipinski definition) is 2. The van der Waals surface area contributed by atoms with Crippen LogP contribution >= 0.6 is 11.6 Å². The molecule has 0 aliphatic rings. The van der Waals surface area contributed by atoms with Gasteiger partial charge in [-0.15, -0.1) is 0 Å². The van der Waals surface area contributed by atoms with Crippen LogP contribution in [0.15, 0.2) is 48.5 Å². The van der Waals surface area contributed by atoms with E-state index in [4.69, 9.17) is 11.6 Å². The predicted molar refractivity (Wildman–Crippen MR) is 105 cm³/mol. The number of aryl methyl sites for hydroxylation is 1. The number of carbonyl (C=O) groups excluding carboxylic acids is 2. The van der Waals surface area contributed by atoms with E-state index in [1.807, 2.05) is 50.2 Å². The fraction of sp³-hybridized carbons (Fsp3) is 0.333. The Morgan fingerprint density at radius 1 is 1.12 bits per heavy atom. The normalized spacial score (nSPS) is 11.7. The molecule has 0 spiro atoms. The van der Waals surface area contributed by atoms with Gasteiger partial charge in [-0.3, -0.25) is 9.59 Å². The largest absolute Gasteiger partial charge is 0.357 e. The van der Waals surface area contributed by atoms with E-state index in [0.717, 1.165) is 16.7 Å². The van der Waals surface area contributed by atoms with Gasteiger partial charge in [-0.1, -0.05) is 60.5 Å². The average molecular weight is 373 g/mol. The molecule has 0 saturated carbocycles. The van der Waals surface area contributed by atoms with Crippen LogP contribution in [0.25, 0.3) is 0 Å². The van der Waals surface area contributed by atoms with Gasteiger partial charge in [0.1, 0.15) is 6.04 Å². The number of amides is 2. The van der Waals surface area contributed by atoms with Gasteiger partial charge in [-0.25, -0.2) is 0 Å². The second-order valence-corrected chi connectivity index (χ2v) is 6.79. The zero-order valence-electron chi connectivity index (χ0n) is 15.5.